The van der Waals surface area contributed by atoms with E-state index in [1.54, 1.807) is 0 Å². The number of nitrogens with zero attached hydrogens (tertiary/aromatic N) is 2. The smallest absolute Gasteiger partial charge is 0.222 e. The summed E-state index contributed by atoms with van der Waals surface area (Å²) < 4.78 is 0. The summed E-state index contributed by atoms with van der Waals surface area (Å²) >= 11 is 0. The lowest BCUT2D eigenvalue weighted by Crippen LogP contribution is -2.50. The van der Waals surface area contributed by atoms with Crippen molar-refractivity contribution >= 4 is 5.91 Å². The van der Waals surface area contributed by atoms with E-state index in [4.69, 9.17) is 0 Å². The fourth-order valence-corrected chi connectivity index (χ4v) is 2.30. The number of aliphatic hydroxyl groups excluding tert-OH is 1. The van der Waals surface area contributed by atoms with Crippen molar-refractivity contribution in [1.82, 2.24) is 9.80 Å². The summed E-state index contributed by atoms with van der Waals surface area (Å²) in [5.41, 5.74) is 0. The molecule has 2 aliphatic rings. The number of hydrogen-bond donors (Lipinski definition) is 1. The van der Waals surface area contributed by atoms with E-state index in [9.17, 15) is 9.90 Å². The maximum atomic E-state index is 11.5. The Morgan fingerprint density at radius 3 is 2.44 bits per heavy atom. The summed E-state index contributed by atoms with van der Waals surface area (Å²) in [6, 6.07) is 0. The monoisotopic (exact) mass is 226 g/mol. The lowest BCUT2D eigenvalue weighted by molar-refractivity contribution is -0.132. The average molecular weight is 226 g/mol. The number of aliphatic hydroxyl groups is 1. The number of amides is 1. The summed E-state index contributed by atoms with van der Waals surface area (Å²) in [6.07, 6.45) is 2.84. The Kier molecular flexibility index (Phi) is 3.82. The zero-order valence-electron chi connectivity index (χ0n) is 10.1. The molecule has 0 bridgehead atoms. The van der Waals surface area contributed by atoms with Crippen LogP contribution in [0.25, 0.3) is 0 Å². The average Bonchev–Trinajstić information content (AvgIpc) is 3.13. The summed E-state index contributed by atoms with van der Waals surface area (Å²) in [6.45, 7) is 6.17. The van der Waals surface area contributed by atoms with Crippen LogP contribution in [-0.2, 0) is 4.79 Å². The van der Waals surface area contributed by atoms with Gasteiger partial charge in [-0.2, -0.15) is 0 Å². The van der Waals surface area contributed by atoms with Crippen molar-refractivity contribution < 1.29 is 9.90 Å². The van der Waals surface area contributed by atoms with Crippen LogP contribution in [0.2, 0.25) is 0 Å². The number of carbonyl (C=O) groups is 1. The molecule has 1 N–H and O–H groups in total. The molecular formula is C12H22N2O2. The Bertz CT molecular complexity index is 245. The van der Waals surface area contributed by atoms with Crippen molar-refractivity contribution in [2.24, 2.45) is 5.92 Å². The summed E-state index contributed by atoms with van der Waals surface area (Å²) in [5.74, 6) is 0.803. The normalized spacial score (nSPS) is 24.5. The summed E-state index contributed by atoms with van der Waals surface area (Å²) in [4.78, 5) is 15.7. The summed E-state index contributed by atoms with van der Waals surface area (Å²) in [7, 11) is 0. The molecule has 0 aromatic heterocycles. The third kappa shape index (κ3) is 2.95. The Hall–Kier alpha value is -0.610. The molecule has 0 radical (unpaired) electrons. The lowest BCUT2D eigenvalue weighted by Gasteiger charge is -2.35. The Labute approximate surface area is 97.2 Å². The van der Waals surface area contributed by atoms with E-state index in [1.807, 2.05) is 11.8 Å². The predicted molar refractivity (Wildman–Crippen MR) is 62.0 cm³/mol. The van der Waals surface area contributed by atoms with Gasteiger partial charge >= 0.3 is 0 Å². The fourth-order valence-electron chi connectivity index (χ4n) is 2.30. The van der Waals surface area contributed by atoms with Crippen LogP contribution < -0.4 is 0 Å². The van der Waals surface area contributed by atoms with Crippen molar-refractivity contribution in [1.29, 1.82) is 0 Å². The SMILES string of the molecule is CCC(=O)N1CCN(CC(O)C2CC2)CC1. The minimum Gasteiger partial charge on any atom is -0.392 e. The first kappa shape index (κ1) is 11.9. The molecule has 4 nitrogen and oxygen atoms in total. The minimum atomic E-state index is -0.145. The van der Waals surface area contributed by atoms with E-state index in [0.29, 0.717) is 12.3 Å². The second kappa shape index (κ2) is 5.15. The van der Waals surface area contributed by atoms with Gasteiger partial charge in [-0.15, -0.1) is 0 Å². The molecule has 92 valence electrons. The quantitative estimate of drug-likeness (QED) is 0.750. The number of piperazine rings is 1. The molecule has 0 spiro atoms. The van der Waals surface area contributed by atoms with Crippen LogP contribution in [0.4, 0.5) is 0 Å². The highest BCUT2D eigenvalue weighted by molar-refractivity contribution is 5.75. The van der Waals surface area contributed by atoms with Gasteiger partial charge in [-0.25, -0.2) is 0 Å². The van der Waals surface area contributed by atoms with Crippen LogP contribution in [0.1, 0.15) is 26.2 Å². The van der Waals surface area contributed by atoms with Crippen LogP contribution in [-0.4, -0.2) is 59.6 Å². The van der Waals surface area contributed by atoms with Gasteiger partial charge in [0.1, 0.15) is 0 Å². The first-order valence-corrected chi connectivity index (χ1v) is 6.39. The molecule has 1 saturated carbocycles. The van der Waals surface area contributed by atoms with Crippen LogP contribution in [0.3, 0.4) is 0 Å². The maximum Gasteiger partial charge on any atom is 0.222 e. The van der Waals surface area contributed by atoms with Crippen molar-refractivity contribution in [3.63, 3.8) is 0 Å². The topological polar surface area (TPSA) is 43.8 Å². The Balaban J connectivity index is 1.70. The van der Waals surface area contributed by atoms with Crippen LogP contribution in [0, 0.1) is 5.92 Å². The van der Waals surface area contributed by atoms with Gasteiger partial charge in [-0.3, -0.25) is 9.69 Å². The predicted octanol–water partition coefficient (Wildman–Crippen LogP) is 0.311. The molecule has 1 unspecified atom stereocenters. The molecule has 2 fully saturated rings. The van der Waals surface area contributed by atoms with Crippen molar-refractivity contribution in [3.8, 4) is 0 Å². The lowest BCUT2D eigenvalue weighted by atomic mass is 10.2. The molecule has 2 rings (SSSR count). The number of β-amino-alcohol motifs (C(OH)–C–C–N with tert-alkyl or cyclic N) is 1. The van der Waals surface area contributed by atoms with Gasteiger partial charge in [0.2, 0.25) is 5.91 Å². The second-order valence-electron chi connectivity index (χ2n) is 4.94. The number of rotatable bonds is 4. The van der Waals surface area contributed by atoms with Gasteiger partial charge in [0.15, 0.2) is 0 Å². The molecule has 1 saturated heterocycles. The highest BCUT2D eigenvalue weighted by Crippen LogP contribution is 2.32. The van der Waals surface area contributed by atoms with E-state index < -0.39 is 0 Å². The minimum absolute atomic E-state index is 0.145. The largest absolute Gasteiger partial charge is 0.392 e. The highest BCUT2D eigenvalue weighted by atomic mass is 16.3. The van der Waals surface area contributed by atoms with Crippen LogP contribution >= 0.6 is 0 Å². The molecule has 16 heavy (non-hydrogen) atoms. The zero-order valence-corrected chi connectivity index (χ0v) is 10.1. The Morgan fingerprint density at radius 2 is 1.94 bits per heavy atom. The third-order valence-corrected chi connectivity index (χ3v) is 3.64. The fraction of sp³-hybridized carbons (Fsp3) is 0.917. The maximum absolute atomic E-state index is 11.5. The van der Waals surface area contributed by atoms with E-state index in [0.717, 1.165) is 32.7 Å². The van der Waals surface area contributed by atoms with Gasteiger partial charge in [-0.1, -0.05) is 6.92 Å². The first-order valence-electron chi connectivity index (χ1n) is 6.39. The third-order valence-electron chi connectivity index (χ3n) is 3.64. The van der Waals surface area contributed by atoms with Crippen LogP contribution in [0.15, 0.2) is 0 Å². The van der Waals surface area contributed by atoms with E-state index >= 15 is 0 Å². The molecule has 0 aromatic rings. The van der Waals surface area contributed by atoms with E-state index in [1.165, 1.54) is 12.8 Å². The standard InChI is InChI=1S/C12H22N2O2/c1-2-12(16)14-7-5-13(6-8-14)9-11(15)10-3-4-10/h10-11,15H,2-9H2,1H3. The molecule has 1 aliphatic carbocycles. The molecular weight excluding hydrogens is 204 g/mol. The molecule has 1 atom stereocenters. The van der Waals surface area contributed by atoms with Gasteiger partial charge in [0.25, 0.3) is 0 Å². The molecule has 1 amide bonds. The summed E-state index contributed by atoms with van der Waals surface area (Å²) in [5, 5.41) is 9.84. The highest BCUT2D eigenvalue weighted by Gasteiger charge is 2.31. The number of hydrogen-bond acceptors (Lipinski definition) is 3. The van der Waals surface area contributed by atoms with Gasteiger partial charge in [0.05, 0.1) is 6.10 Å². The molecule has 1 aliphatic heterocycles. The van der Waals surface area contributed by atoms with Gasteiger partial charge in [-0.05, 0) is 18.8 Å². The molecule has 0 aromatic carbocycles. The Morgan fingerprint density at radius 1 is 1.31 bits per heavy atom. The van der Waals surface area contributed by atoms with E-state index in [-0.39, 0.29) is 12.0 Å². The first-order chi connectivity index (χ1) is 7.70. The van der Waals surface area contributed by atoms with E-state index in [2.05, 4.69) is 4.90 Å². The van der Waals surface area contributed by atoms with Crippen LogP contribution in [0.5, 0.6) is 0 Å². The van der Waals surface area contributed by atoms with Gasteiger partial charge < -0.3 is 10.0 Å². The molecule has 1 heterocycles. The van der Waals surface area contributed by atoms with Crippen molar-refractivity contribution in [3.05, 3.63) is 0 Å². The van der Waals surface area contributed by atoms with Gasteiger partial charge in [0, 0.05) is 39.1 Å². The van der Waals surface area contributed by atoms with Crippen molar-refractivity contribution in [2.45, 2.75) is 32.3 Å². The second-order valence-corrected chi connectivity index (χ2v) is 4.94. The molecule has 4 heteroatoms. The zero-order chi connectivity index (χ0) is 11.5. The van der Waals surface area contributed by atoms with Crippen molar-refractivity contribution in [2.75, 3.05) is 32.7 Å². The number of carbonyl (C=O) groups excluding carboxylic acids is 1.